The number of allylic oxidation sites excluding steroid dienone is 2. The molecule has 2 aromatic carbocycles. The van der Waals surface area contributed by atoms with Gasteiger partial charge < -0.3 is 28.7 Å². The summed E-state index contributed by atoms with van der Waals surface area (Å²) in [7, 11) is 0. The van der Waals surface area contributed by atoms with Crippen molar-refractivity contribution >= 4 is 17.9 Å². The zero-order valence-corrected chi connectivity index (χ0v) is 23.9. The number of rotatable bonds is 6. The number of nitrogens with zero attached hydrogens (tertiary/aromatic N) is 2. The van der Waals surface area contributed by atoms with Crippen LogP contribution < -0.4 is 18.9 Å². The molecule has 2 saturated heterocycles. The molecule has 4 heterocycles. The summed E-state index contributed by atoms with van der Waals surface area (Å²) in [6.45, 7) is 3.65. The molecule has 1 aliphatic carbocycles. The summed E-state index contributed by atoms with van der Waals surface area (Å²) in [5, 5.41) is 0. The zero-order valence-electron chi connectivity index (χ0n) is 23.9. The second-order valence-corrected chi connectivity index (χ2v) is 11.9. The molecular weight excluding hydrogens is 532 g/mol. The standard InChI is InChI=1S/C34H38N2O6/c37-31(35-15-3-1-4-16-35)14-11-25-26(10-7-23-8-12-27-29(19-23)41-21-39-27)33(34(38)36-17-5-2-6-18-36)32(25)24-9-13-28-30(20-24)42-22-40-28/h7-14,19-20,25-26,32-33H,1-6,15-18,21-22H2/t25-,26+,32+,33-/m0/s1. The van der Waals surface area contributed by atoms with Crippen LogP contribution in [0.1, 0.15) is 55.6 Å². The first-order valence-corrected chi connectivity index (χ1v) is 15.4. The van der Waals surface area contributed by atoms with Crippen LogP contribution in [0.25, 0.3) is 6.08 Å². The summed E-state index contributed by atoms with van der Waals surface area (Å²) < 4.78 is 22.4. The van der Waals surface area contributed by atoms with Crippen LogP contribution in [0.2, 0.25) is 0 Å². The molecule has 3 fully saturated rings. The van der Waals surface area contributed by atoms with E-state index in [1.807, 2.05) is 40.1 Å². The van der Waals surface area contributed by atoms with Crippen LogP contribution in [-0.4, -0.2) is 61.4 Å². The molecule has 2 aromatic rings. The van der Waals surface area contributed by atoms with Gasteiger partial charge in [0.15, 0.2) is 23.0 Å². The van der Waals surface area contributed by atoms with Crippen molar-refractivity contribution in [1.29, 1.82) is 0 Å². The third-order valence-corrected chi connectivity index (χ3v) is 9.43. The lowest BCUT2D eigenvalue weighted by Crippen LogP contribution is -2.53. The van der Waals surface area contributed by atoms with Gasteiger partial charge in [0.05, 0.1) is 5.92 Å². The van der Waals surface area contributed by atoms with Crippen molar-refractivity contribution in [3.8, 4) is 23.0 Å². The van der Waals surface area contributed by atoms with E-state index in [9.17, 15) is 9.59 Å². The summed E-state index contributed by atoms with van der Waals surface area (Å²) in [6, 6.07) is 11.9. The van der Waals surface area contributed by atoms with Gasteiger partial charge in [0.25, 0.3) is 0 Å². The Labute approximate surface area is 246 Å². The Balaban J connectivity index is 1.23. The second kappa shape index (κ2) is 11.7. The second-order valence-electron chi connectivity index (χ2n) is 11.9. The van der Waals surface area contributed by atoms with Crippen molar-refractivity contribution in [1.82, 2.24) is 9.80 Å². The van der Waals surface area contributed by atoms with Crippen LogP contribution >= 0.6 is 0 Å². The molecule has 0 unspecified atom stereocenters. The van der Waals surface area contributed by atoms with E-state index in [1.165, 1.54) is 6.42 Å². The van der Waals surface area contributed by atoms with Gasteiger partial charge in [-0.25, -0.2) is 0 Å². The smallest absolute Gasteiger partial charge is 0.246 e. The number of fused-ring (bicyclic) bond motifs is 2. The van der Waals surface area contributed by atoms with E-state index in [2.05, 4.69) is 24.3 Å². The highest BCUT2D eigenvalue weighted by molar-refractivity contribution is 5.88. The topological polar surface area (TPSA) is 77.5 Å². The third-order valence-electron chi connectivity index (χ3n) is 9.43. The SMILES string of the molecule is O=C(C=C[C@H]1[C@@H](C=Cc2ccc3c(c2)OCO3)[C@H](C(=O)N2CCCCC2)[C@@H]1c1ccc2c(c1)OCO2)N1CCCCC1. The van der Waals surface area contributed by atoms with Gasteiger partial charge in [-0.05, 0) is 91.8 Å². The molecule has 7 rings (SSSR count). The van der Waals surface area contributed by atoms with Crippen molar-refractivity contribution in [2.24, 2.45) is 17.8 Å². The zero-order chi connectivity index (χ0) is 28.5. The summed E-state index contributed by atoms with van der Waals surface area (Å²) in [5.74, 6) is 2.76. The number of hydrogen-bond acceptors (Lipinski definition) is 6. The van der Waals surface area contributed by atoms with E-state index in [-0.39, 0.29) is 49.1 Å². The minimum absolute atomic E-state index is 0.0249. The number of hydrogen-bond donors (Lipinski definition) is 0. The molecule has 0 bridgehead atoms. The number of amides is 2. The predicted molar refractivity (Wildman–Crippen MR) is 157 cm³/mol. The number of piperidine rings is 2. The third kappa shape index (κ3) is 5.23. The molecule has 4 atom stereocenters. The van der Waals surface area contributed by atoms with Gasteiger partial charge in [-0.3, -0.25) is 9.59 Å². The van der Waals surface area contributed by atoms with E-state index >= 15 is 0 Å². The van der Waals surface area contributed by atoms with Gasteiger partial charge in [0, 0.05) is 32.1 Å². The molecule has 1 saturated carbocycles. The molecule has 5 aliphatic rings. The van der Waals surface area contributed by atoms with Crippen molar-refractivity contribution in [3.63, 3.8) is 0 Å². The molecule has 220 valence electrons. The largest absolute Gasteiger partial charge is 0.454 e. The average molecular weight is 571 g/mol. The van der Waals surface area contributed by atoms with Crippen LogP contribution in [0, 0.1) is 17.8 Å². The Morgan fingerprint density at radius 2 is 1.29 bits per heavy atom. The highest BCUT2D eigenvalue weighted by atomic mass is 16.7. The Morgan fingerprint density at radius 3 is 2.00 bits per heavy atom. The fourth-order valence-corrected chi connectivity index (χ4v) is 7.15. The van der Waals surface area contributed by atoms with E-state index in [0.29, 0.717) is 5.75 Å². The first kappa shape index (κ1) is 26.9. The molecule has 0 radical (unpaired) electrons. The summed E-state index contributed by atoms with van der Waals surface area (Å²) in [5.41, 5.74) is 2.03. The number of likely N-dealkylation sites (tertiary alicyclic amines) is 2. The Morgan fingerprint density at radius 1 is 0.667 bits per heavy atom. The Bertz CT molecular complexity index is 1390. The average Bonchev–Trinajstić information content (AvgIpc) is 3.70. The highest BCUT2D eigenvalue weighted by Crippen LogP contribution is 2.56. The summed E-state index contributed by atoms with van der Waals surface area (Å²) >= 11 is 0. The first-order chi connectivity index (χ1) is 20.7. The maximum Gasteiger partial charge on any atom is 0.246 e. The Hall–Kier alpha value is -3.94. The molecule has 0 aromatic heterocycles. The molecule has 8 heteroatoms. The molecule has 0 N–H and O–H groups in total. The van der Waals surface area contributed by atoms with Crippen molar-refractivity contribution < 1.29 is 28.5 Å². The number of benzene rings is 2. The van der Waals surface area contributed by atoms with Gasteiger partial charge in [-0.15, -0.1) is 0 Å². The van der Waals surface area contributed by atoms with Gasteiger partial charge in [-0.1, -0.05) is 30.4 Å². The van der Waals surface area contributed by atoms with E-state index in [4.69, 9.17) is 18.9 Å². The van der Waals surface area contributed by atoms with Crippen LogP contribution in [0.5, 0.6) is 23.0 Å². The molecular formula is C34H38N2O6. The van der Waals surface area contributed by atoms with E-state index < -0.39 is 0 Å². The van der Waals surface area contributed by atoms with E-state index in [0.717, 1.165) is 86.7 Å². The normalized spacial score (nSPS) is 26.6. The van der Waals surface area contributed by atoms with Crippen LogP contribution in [-0.2, 0) is 9.59 Å². The van der Waals surface area contributed by atoms with Crippen molar-refractivity contribution in [3.05, 3.63) is 65.8 Å². The maximum atomic E-state index is 14.2. The molecule has 4 aliphatic heterocycles. The molecule has 0 spiro atoms. The lowest BCUT2D eigenvalue weighted by Gasteiger charge is -2.51. The van der Waals surface area contributed by atoms with Crippen molar-refractivity contribution in [2.75, 3.05) is 39.8 Å². The maximum absolute atomic E-state index is 14.2. The van der Waals surface area contributed by atoms with Gasteiger partial charge in [0.1, 0.15) is 0 Å². The first-order valence-electron chi connectivity index (χ1n) is 15.4. The summed E-state index contributed by atoms with van der Waals surface area (Å²) in [6.07, 6.45) is 14.6. The minimum Gasteiger partial charge on any atom is -0.454 e. The van der Waals surface area contributed by atoms with Crippen LogP contribution in [0.15, 0.2) is 54.6 Å². The number of carbonyl (C=O) groups is 2. The Kier molecular flexibility index (Phi) is 7.53. The van der Waals surface area contributed by atoms with Gasteiger partial charge in [0.2, 0.25) is 25.4 Å². The lowest BCUT2D eigenvalue weighted by molar-refractivity contribution is -0.144. The minimum atomic E-state index is -0.242. The fraction of sp³-hybridized carbons (Fsp3) is 0.471. The number of ether oxygens (including phenoxy) is 4. The molecule has 42 heavy (non-hydrogen) atoms. The van der Waals surface area contributed by atoms with Gasteiger partial charge >= 0.3 is 0 Å². The monoisotopic (exact) mass is 570 g/mol. The summed E-state index contributed by atoms with van der Waals surface area (Å²) in [4.78, 5) is 31.4. The van der Waals surface area contributed by atoms with E-state index in [1.54, 1.807) is 6.08 Å². The van der Waals surface area contributed by atoms with Crippen molar-refractivity contribution in [2.45, 2.75) is 44.4 Å². The fourth-order valence-electron chi connectivity index (χ4n) is 7.15. The quantitative estimate of drug-likeness (QED) is 0.434. The molecule has 2 amide bonds. The van der Waals surface area contributed by atoms with Crippen LogP contribution in [0.4, 0.5) is 0 Å². The van der Waals surface area contributed by atoms with Gasteiger partial charge in [-0.2, -0.15) is 0 Å². The predicted octanol–water partition coefficient (Wildman–Crippen LogP) is 5.38. The number of carbonyl (C=O) groups excluding carboxylic acids is 2. The van der Waals surface area contributed by atoms with Crippen LogP contribution in [0.3, 0.4) is 0 Å². The lowest BCUT2D eigenvalue weighted by atomic mass is 9.53. The highest BCUT2D eigenvalue weighted by Gasteiger charge is 2.53. The molecule has 8 nitrogen and oxygen atoms in total.